The van der Waals surface area contributed by atoms with Crippen LogP contribution in [0.25, 0.3) is 21.9 Å². The fourth-order valence-corrected chi connectivity index (χ4v) is 3.07. The monoisotopic (exact) mass is 330 g/mol. The number of nitrogens with zero attached hydrogens (tertiary/aromatic N) is 3. The van der Waals surface area contributed by atoms with E-state index in [1.165, 1.54) is 0 Å². The van der Waals surface area contributed by atoms with E-state index in [0.717, 1.165) is 33.4 Å². The maximum absolute atomic E-state index is 12.3. The summed E-state index contributed by atoms with van der Waals surface area (Å²) in [6, 6.07) is 17.6. The average Bonchev–Trinajstić information content (AvgIpc) is 2.95. The Morgan fingerprint density at radius 3 is 2.88 bits per heavy atom. The van der Waals surface area contributed by atoms with Gasteiger partial charge in [0.15, 0.2) is 0 Å². The molecule has 2 aromatic heterocycles. The predicted octanol–water partition coefficient (Wildman–Crippen LogP) is 3.92. The minimum absolute atomic E-state index is 0.0135. The molecule has 4 aromatic rings. The number of hydrogen-bond acceptors (Lipinski definition) is 3. The number of nitrogens with one attached hydrogen (secondary N) is 1. The lowest BCUT2D eigenvalue weighted by Crippen LogP contribution is -2.15. The van der Waals surface area contributed by atoms with Gasteiger partial charge in [0, 0.05) is 30.2 Å². The van der Waals surface area contributed by atoms with Crippen LogP contribution in [-0.4, -0.2) is 20.4 Å². The summed E-state index contributed by atoms with van der Waals surface area (Å²) < 4.78 is 2.08. The first kappa shape index (κ1) is 15.3. The number of hydrogen-bond donors (Lipinski definition) is 1. The van der Waals surface area contributed by atoms with Crippen molar-refractivity contribution in [2.24, 2.45) is 0 Å². The summed E-state index contributed by atoms with van der Waals surface area (Å²) in [5, 5.41) is 3.97. The normalized spacial score (nSPS) is 11.1. The lowest BCUT2D eigenvalue weighted by molar-refractivity contribution is -0.116. The van der Waals surface area contributed by atoms with Gasteiger partial charge in [-0.05, 0) is 43.3 Å². The number of aromatic nitrogens is 3. The third-order valence-corrected chi connectivity index (χ3v) is 4.29. The molecule has 25 heavy (non-hydrogen) atoms. The minimum Gasteiger partial charge on any atom is -0.328 e. The summed E-state index contributed by atoms with van der Waals surface area (Å²) in [5.74, 6) is 0.909. The van der Waals surface area contributed by atoms with E-state index in [1.54, 1.807) is 6.20 Å². The SMILES string of the molecule is Cc1nc2ccccc2n1CCC(=O)Nc1ccc2ncccc2c1. The topological polar surface area (TPSA) is 59.8 Å². The molecule has 0 aliphatic carbocycles. The van der Waals surface area contributed by atoms with Gasteiger partial charge in [0.05, 0.1) is 16.6 Å². The van der Waals surface area contributed by atoms with E-state index in [2.05, 4.69) is 19.9 Å². The second kappa shape index (κ2) is 6.36. The van der Waals surface area contributed by atoms with Gasteiger partial charge in [0.2, 0.25) is 5.91 Å². The Bertz CT molecular complexity index is 1070. The highest BCUT2D eigenvalue weighted by molar-refractivity contribution is 5.93. The molecule has 124 valence electrons. The highest BCUT2D eigenvalue weighted by atomic mass is 16.1. The lowest BCUT2D eigenvalue weighted by atomic mass is 10.2. The quantitative estimate of drug-likeness (QED) is 0.617. The highest BCUT2D eigenvalue weighted by Gasteiger charge is 2.09. The maximum atomic E-state index is 12.3. The summed E-state index contributed by atoms with van der Waals surface area (Å²) >= 11 is 0. The molecular formula is C20H18N4O. The predicted molar refractivity (Wildman–Crippen MR) is 99.5 cm³/mol. The fraction of sp³-hybridized carbons (Fsp3) is 0.150. The molecule has 0 aliphatic rings. The third-order valence-electron chi connectivity index (χ3n) is 4.29. The fourth-order valence-electron chi connectivity index (χ4n) is 3.07. The number of rotatable bonds is 4. The van der Waals surface area contributed by atoms with Crippen LogP contribution in [0.5, 0.6) is 0 Å². The van der Waals surface area contributed by atoms with Crippen LogP contribution in [0.2, 0.25) is 0 Å². The summed E-state index contributed by atoms with van der Waals surface area (Å²) in [6.07, 6.45) is 2.16. The number of benzene rings is 2. The molecule has 0 spiro atoms. The van der Waals surface area contributed by atoms with Crippen molar-refractivity contribution < 1.29 is 4.79 Å². The molecule has 5 nitrogen and oxygen atoms in total. The van der Waals surface area contributed by atoms with Gasteiger partial charge in [-0.1, -0.05) is 18.2 Å². The van der Waals surface area contributed by atoms with Gasteiger partial charge in [0.25, 0.3) is 0 Å². The van der Waals surface area contributed by atoms with Crippen molar-refractivity contribution in [3.63, 3.8) is 0 Å². The van der Waals surface area contributed by atoms with Gasteiger partial charge < -0.3 is 9.88 Å². The second-order valence-corrected chi connectivity index (χ2v) is 6.01. The number of carbonyl (C=O) groups excluding carboxylic acids is 1. The van der Waals surface area contributed by atoms with E-state index >= 15 is 0 Å². The van der Waals surface area contributed by atoms with Crippen molar-refractivity contribution in [1.82, 2.24) is 14.5 Å². The standard InChI is InChI=1S/C20H18N4O/c1-14-22-18-6-2-3-7-19(18)24(14)12-10-20(25)23-16-8-9-17-15(13-16)5-4-11-21-17/h2-9,11,13H,10,12H2,1H3,(H,23,25). The number of imidazole rings is 1. The minimum atomic E-state index is -0.0135. The molecule has 4 rings (SSSR count). The number of fused-ring (bicyclic) bond motifs is 2. The van der Waals surface area contributed by atoms with Gasteiger partial charge in [-0.15, -0.1) is 0 Å². The number of amides is 1. The first-order valence-corrected chi connectivity index (χ1v) is 8.27. The first-order valence-electron chi connectivity index (χ1n) is 8.27. The lowest BCUT2D eigenvalue weighted by Gasteiger charge is -2.09. The van der Waals surface area contributed by atoms with Crippen molar-refractivity contribution in [3.8, 4) is 0 Å². The Morgan fingerprint density at radius 1 is 1.08 bits per heavy atom. The summed E-state index contributed by atoms with van der Waals surface area (Å²) in [4.78, 5) is 21.2. The third kappa shape index (κ3) is 3.08. The maximum Gasteiger partial charge on any atom is 0.226 e. The van der Waals surface area contributed by atoms with Crippen molar-refractivity contribution in [3.05, 3.63) is 66.6 Å². The highest BCUT2D eigenvalue weighted by Crippen LogP contribution is 2.18. The Morgan fingerprint density at radius 2 is 1.96 bits per heavy atom. The second-order valence-electron chi connectivity index (χ2n) is 6.01. The zero-order valence-corrected chi connectivity index (χ0v) is 13.9. The van der Waals surface area contributed by atoms with Gasteiger partial charge in [-0.3, -0.25) is 9.78 Å². The van der Waals surface area contributed by atoms with Crippen LogP contribution in [0.1, 0.15) is 12.2 Å². The zero-order valence-electron chi connectivity index (χ0n) is 13.9. The Balaban J connectivity index is 1.47. The molecular weight excluding hydrogens is 312 g/mol. The van der Waals surface area contributed by atoms with E-state index in [9.17, 15) is 4.79 Å². The summed E-state index contributed by atoms with van der Waals surface area (Å²) in [7, 11) is 0. The van der Waals surface area contributed by atoms with Crippen LogP contribution >= 0.6 is 0 Å². The molecule has 0 aliphatic heterocycles. The molecule has 1 amide bonds. The van der Waals surface area contributed by atoms with Crippen molar-refractivity contribution in [2.45, 2.75) is 19.9 Å². The van der Waals surface area contributed by atoms with E-state index in [1.807, 2.05) is 61.5 Å². The molecule has 0 radical (unpaired) electrons. The van der Waals surface area contributed by atoms with Crippen molar-refractivity contribution >= 4 is 33.5 Å². The molecule has 0 atom stereocenters. The molecule has 5 heteroatoms. The molecule has 0 saturated carbocycles. The first-order chi connectivity index (χ1) is 12.2. The van der Waals surface area contributed by atoms with Crippen molar-refractivity contribution in [1.29, 1.82) is 0 Å². The number of aryl methyl sites for hydroxylation is 2. The Labute approximate surface area is 145 Å². The van der Waals surface area contributed by atoms with E-state index < -0.39 is 0 Å². The van der Waals surface area contributed by atoms with Gasteiger partial charge in [0.1, 0.15) is 5.82 Å². The van der Waals surface area contributed by atoms with E-state index in [-0.39, 0.29) is 5.91 Å². The summed E-state index contributed by atoms with van der Waals surface area (Å²) in [6.45, 7) is 2.57. The van der Waals surface area contributed by atoms with Gasteiger partial charge in [-0.25, -0.2) is 4.98 Å². The molecule has 2 heterocycles. The van der Waals surface area contributed by atoms with Crippen LogP contribution in [0.15, 0.2) is 60.8 Å². The van der Waals surface area contributed by atoms with Crippen LogP contribution in [0.3, 0.4) is 0 Å². The van der Waals surface area contributed by atoms with Crippen LogP contribution in [-0.2, 0) is 11.3 Å². The molecule has 0 fully saturated rings. The Kier molecular flexibility index (Phi) is 3.90. The largest absolute Gasteiger partial charge is 0.328 e. The number of carbonyl (C=O) groups is 1. The van der Waals surface area contributed by atoms with E-state index in [0.29, 0.717) is 13.0 Å². The molecule has 1 N–H and O–H groups in total. The molecule has 0 unspecified atom stereocenters. The van der Waals surface area contributed by atoms with Crippen molar-refractivity contribution in [2.75, 3.05) is 5.32 Å². The van der Waals surface area contributed by atoms with Crippen LogP contribution < -0.4 is 5.32 Å². The number of pyridine rings is 1. The van der Waals surface area contributed by atoms with Gasteiger partial charge >= 0.3 is 0 Å². The zero-order chi connectivity index (χ0) is 17.2. The van der Waals surface area contributed by atoms with Crippen LogP contribution in [0.4, 0.5) is 5.69 Å². The van der Waals surface area contributed by atoms with Gasteiger partial charge in [-0.2, -0.15) is 0 Å². The molecule has 2 aromatic carbocycles. The molecule has 0 bridgehead atoms. The summed E-state index contributed by atoms with van der Waals surface area (Å²) in [5.41, 5.74) is 3.73. The van der Waals surface area contributed by atoms with E-state index in [4.69, 9.17) is 0 Å². The average molecular weight is 330 g/mol. The Hall–Kier alpha value is -3.21. The number of para-hydroxylation sites is 2. The van der Waals surface area contributed by atoms with Crippen LogP contribution in [0, 0.1) is 6.92 Å². The smallest absolute Gasteiger partial charge is 0.226 e. The molecule has 0 saturated heterocycles. The number of anilines is 1.